The Labute approximate surface area is 199 Å². The third-order valence-corrected chi connectivity index (χ3v) is 5.87. The fourth-order valence-corrected chi connectivity index (χ4v) is 4.15. The maximum atomic E-state index is 15.1. The Morgan fingerprint density at radius 2 is 1.83 bits per heavy atom. The first kappa shape index (κ1) is 23.0. The van der Waals surface area contributed by atoms with E-state index < -0.39 is 11.6 Å². The van der Waals surface area contributed by atoms with Gasteiger partial charge in [0.2, 0.25) is 0 Å². The Morgan fingerprint density at radius 1 is 1.03 bits per heavy atom. The summed E-state index contributed by atoms with van der Waals surface area (Å²) in [5.41, 5.74) is 1.58. The van der Waals surface area contributed by atoms with Crippen molar-refractivity contribution in [3.05, 3.63) is 47.3 Å². The summed E-state index contributed by atoms with van der Waals surface area (Å²) in [6.07, 6.45) is 0. The number of hydrogen-bond donors (Lipinski definition) is 4. The zero-order valence-electron chi connectivity index (χ0n) is 19.4. The van der Waals surface area contributed by atoms with Crippen LogP contribution in [0.3, 0.4) is 0 Å². The molecule has 0 spiro atoms. The second-order valence-electron chi connectivity index (χ2n) is 8.52. The summed E-state index contributed by atoms with van der Waals surface area (Å²) in [4.78, 5) is 15.9. The van der Waals surface area contributed by atoms with E-state index in [1.807, 2.05) is 13.0 Å². The van der Waals surface area contributed by atoms with E-state index in [9.17, 15) is 9.50 Å². The molecule has 1 fully saturated rings. The number of aliphatic hydroxyl groups is 1. The van der Waals surface area contributed by atoms with Crippen molar-refractivity contribution in [2.24, 2.45) is 0 Å². The van der Waals surface area contributed by atoms with Crippen molar-refractivity contribution in [1.82, 2.24) is 30.0 Å². The molecule has 3 aromatic heterocycles. The summed E-state index contributed by atoms with van der Waals surface area (Å²) in [6, 6.07) is 5.96. The standard InChI is InChI=1S/C23H26F2N8O2/c1-13-9-15-21(25)17(11-16(24)22(15)26-13)35-23-28-18(27-19-10-14(2)30-31-19)12-20(29-23)33-5-3-32(4-6-33)7-8-34/h9-12,26,34H,3-8H2,1-2H3,(H2,27,28,29,30,31). The lowest BCUT2D eigenvalue weighted by Gasteiger charge is -2.35. The molecule has 1 aromatic carbocycles. The molecule has 12 heteroatoms. The minimum Gasteiger partial charge on any atom is -0.421 e. The molecule has 1 aliphatic rings. The molecule has 4 N–H and O–H groups in total. The SMILES string of the molecule is Cc1cc(Nc2cc(N3CCN(CCO)CC3)nc(Oc3cc(F)c4[nH]c(C)cc4c3F)n2)n[nH]1. The van der Waals surface area contributed by atoms with Crippen LogP contribution in [0, 0.1) is 25.5 Å². The average molecular weight is 485 g/mol. The van der Waals surface area contributed by atoms with Crippen LogP contribution >= 0.6 is 0 Å². The minimum atomic E-state index is -0.699. The van der Waals surface area contributed by atoms with E-state index in [0.29, 0.717) is 42.8 Å². The number of ether oxygens (including phenoxy) is 1. The quantitative estimate of drug-likeness (QED) is 0.316. The minimum absolute atomic E-state index is 0.0824. The van der Waals surface area contributed by atoms with Crippen LogP contribution in [0.15, 0.2) is 24.3 Å². The number of rotatable bonds is 7. The van der Waals surface area contributed by atoms with Crippen LogP contribution in [0.4, 0.5) is 26.2 Å². The molecule has 0 saturated carbocycles. The first-order chi connectivity index (χ1) is 16.9. The second kappa shape index (κ2) is 9.47. The number of β-amino-alcohol motifs (C(OH)–C–C–N with tert-alkyl or cyclic N) is 1. The highest BCUT2D eigenvalue weighted by Crippen LogP contribution is 2.33. The number of aliphatic hydroxyl groups excluding tert-OH is 1. The number of benzene rings is 1. The van der Waals surface area contributed by atoms with E-state index in [-0.39, 0.29) is 29.3 Å². The van der Waals surface area contributed by atoms with Gasteiger partial charge in [-0.1, -0.05) is 0 Å². The summed E-state index contributed by atoms with van der Waals surface area (Å²) in [5.74, 6) is -0.116. The van der Waals surface area contributed by atoms with Gasteiger partial charge in [0.25, 0.3) is 0 Å². The summed E-state index contributed by atoms with van der Waals surface area (Å²) >= 11 is 0. The number of H-pyrrole nitrogens is 2. The largest absolute Gasteiger partial charge is 0.421 e. The first-order valence-corrected chi connectivity index (χ1v) is 11.3. The molecule has 4 aromatic rings. The van der Waals surface area contributed by atoms with Gasteiger partial charge in [-0.3, -0.25) is 10.00 Å². The van der Waals surface area contributed by atoms with Crippen molar-refractivity contribution in [2.45, 2.75) is 13.8 Å². The molecule has 4 heterocycles. The molecule has 184 valence electrons. The molecule has 0 atom stereocenters. The van der Waals surface area contributed by atoms with Crippen molar-refractivity contribution in [2.75, 3.05) is 49.5 Å². The van der Waals surface area contributed by atoms with E-state index in [2.05, 4.69) is 40.3 Å². The Kier molecular flexibility index (Phi) is 6.22. The molecule has 0 unspecified atom stereocenters. The van der Waals surface area contributed by atoms with Gasteiger partial charge in [0, 0.05) is 67.7 Å². The van der Waals surface area contributed by atoms with Crippen molar-refractivity contribution in [3.63, 3.8) is 0 Å². The van der Waals surface area contributed by atoms with Crippen LogP contribution in [0.5, 0.6) is 11.8 Å². The van der Waals surface area contributed by atoms with Crippen molar-refractivity contribution in [3.8, 4) is 11.8 Å². The fourth-order valence-electron chi connectivity index (χ4n) is 4.15. The van der Waals surface area contributed by atoms with Crippen LogP contribution < -0.4 is 15.0 Å². The van der Waals surface area contributed by atoms with Gasteiger partial charge in [0.1, 0.15) is 11.6 Å². The van der Waals surface area contributed by atoms with Crippen LogP contribution in [0.25, 0.3) is 10.9 Å². The van der Waals surface area contributed by atoms with Crippen LogP contribution in [-0.2, 0) is 0 Å². The van der Waals surface area contributed by atoms with Gasteiger partial charge >= 0.3 is 6.01 Å². The Morgan fingerprint density at radius 3 is 2.54 bits per heavy atom. The average Bonchev–Trinajstić information content (AvgIpc) is 3.43. The van der Waals surface area contributed by atoms with Crippen LogP contribution in [-0.4, -0.2) is 74.5 Å². The number of halogens is 2. The highest BCUT2D eigenvalue weighted by molar-refractivity contribution is 5.83. The van der Waals surface area contributed by atoms with E-state index >= 15 is 4.39 Å². The fraction of sp³-hybridized carbons (Fsp3) is 0.348. The Balaban J connectivity index is 1.47. The molecule has 5 rings (SSSR count). The maximum Gasteiger partial charge on any atom is 0.326 e. The third kappa shape index (κ3) is 4.88. The lowest BCUT2D eigenvalue weighted by Crippen LogP contribution is -2.47. The van der Waals surface area contributed by atoms with Gasteiger partial charge in [0.15, 0.2) is 23.2 Å². The monoisotopic (exact) mass is 484 g/mol. The van der Waals surface area contributed by atoms with Gasteiger partial charge in [-0.2, -0.15) is 15.1 Å². The van der Waals surface area contributed by atoms with Gasteiger partial charge < -0.3 is 25.0 Å². The molecule has 1 aliphatic heterocycles. The van der Waals surface area contributed by atoms with Crippen molar-refractivity contribution in [1.29, 1.82) is 0 Å². The maximum absolute atomic E-state index is 15.1. The lowest BCUT2D eigenvalue weighted by atomic mass is 10.2. The number of nitrogens with zero attached hydrogens (tertiary/aromatic N) is 5. The number of piperazine rings is 1. The predicted octanol–water partition coefficient (Wildman–Crippen LogP) is 3.23. The highest BCUT2D eigenvalue weighted by Gasteiger charge is 2.21. The van der Waals surface area contributed by atoms with E-state index in [1.54, 1.807) is 13.0 Å². The number of fused-ring (bicyclic) bond motifs is 1. The highest BCUT2D eigenvalue weighted by atomic mass is 19.1. The second-order valence-corrected chi connectivity index (χ2v) is 8.52. The number of hydrogen-bond acceptors (Lipinski definition) is 8. The van der Waals surface area contributed by atoms with E-state index in [1.165, 1.54) is 6.07 Å². The van der Waals surface area contributed by atoms with Crippen molar-refractivity contribution >= 4 is 28.4 Å². The molecule has 1 saturated heterocycles. The summed E-state index contributed by atoms with van der Waals surface area (Å²) < 4.78 is 35.4. The van der Waals surface area contributed by atoms with Gasteiger partial charge in [-0.25, -0.2) is 8.78 Å². The van der Waals surface area contributed by atoms with Crippen LogP contribution in [0.2, 0.25) is 0 Å². The number of nitrogens with one attached hydrogen (secondary N) is 3. The number of anilines is 3. The molecule has 0 radical (unpaired) electrons. The van der Waals surface area contributed by atoms with E-state index in [4.69, 9.17) is 4.74 Å². The number of aromatic nitrogens is 5. The van der Waals surface area contributed by atoms with Crippen molar-refractivity contribution < 1.29 is 18.6 Å². The topological polar surface area (TPSA) is 118 Å². The molecule has 35 heavy (non-hydrogen) atoms. The molecular weight excluding hydrogens is 458 g/mol. The van der Waals surface area contributed by atoms with E-state index in [0.717, 1.165) is 24.8 Å². The smallest absolute Gasteiger partial charge is 0.326 e. The zero-order valence-corrected chi connectivity index (χ0v) is 19.4. The van der Waals surface area contributed by atoms with Gasteiger partial charge in [0.05, 0.1) is 12.1 Å². The Hall–Kier alpha value is -3.77. The normalized spacial score (nSPS) is 14.6. The predicted molar refractivity (Wildman–Crippen MR) is 127 cm³/mol. The zero-order chi connectivity index (χ0) is 24.5. The number of aromatic amines is 2. The Bertz CT molecular complexity index is 1350. The summed E-state index contributed by atoms with van der Waals surface area (Å²) in [7, 11) is 0. The third-order valence-electron chi connectivity index (χ3n) is 5.87. The first-order valence-electron chi connectivity index (χ1n) is 11.3. The molecule has 0 bridgehead atoms. The number of aryl methyl sites for hydroxylation is 2. The summed E-state index contributed by atoms with van der Waals surface area (Å²) in [5, 5.41) is 19.4. The van der Waals surface area contributed by atoms with Gasteiger partial charge in [-0.05, 0) is 19.9 Å². The lowest BCUT2D eigenvalue weighted by molar-refractivity contribution is 0.188. The molecule has 10 nitrogen and oxygen atoms in total. The summed E-state index contributed by atoms with van der Waals surface area (Å²) in [6.45, 7) is 7.18. The van der Waals surface area contributed by atoms with Gasteiger partial charge in [-0.15, -0.1) is 0 Å². The van der Waals surface area contributed by atoms with Crippen LogP contribution in [0.1, 0.15) is 11.4 Å². The molecular formula is C23H26F2N8O2. The molecule has 0 amide bonds. The molecule has 0 aliphatic carbocycles.